The Labute approximate surface area is 190 Å². The number of carbonyl (C=O) groups is 1. The van der Waals surface area contributed by atoms with Gasteiger partial charge in [0.05, 0.1) is 16.7 Å². The Morgan fingerprint density at radius 2 is 1.56 bits per heavy atom. The van der Waals surface area contributed by atoms with Crippen LogP contribution in [0.4, 0.5) is 0 Å². The van der Waals surface area contributed by atoms with E-state index in [0.29, 0.717) is 16.1 Å². The lowest BCUT2D eigenvalue weighted by molar-refractivity contribution is 0.0734. The van der Waals surface area contributed by atoms with Crippen LogP contribution in [0.15, 0.2) is 101 Å². The summed E-state index contributed by atoms with van der Waals surface area (Å²) in [6.45, 7) is 0. The molecule has 0 aliphatic rings. The SMILES string of the molecule is O=C(Oc1ccc2ccccc2c1C=NNS(=O)(=O)c1ccccc1)c1ccc(Cl)cc1. The fourth-order valence-electron chi connectivity index (χ4n) is 3.06. The second-order valence-corrected chi connectivity index (χ2v) is 8.86. The van der Waals surface area contributed by atoms with E-state index in [0.717, 1.165) is 10.8 Å². The van der Waals surface area contributed by atoms with Crippen LogP contribution in [0.3, 0.4) is 0 Å². The third-order valence-corrected chi connectivity index (χ3v) is 6.12. The first-order valence-corrected chi connectivity index (χ1v) is 11.4. The van der Waals surface area contributed by atoms with Gasteiger partial charge in [0.2, 0.25) is 0 Å². The maximum absolute atomic E-state index is 12.6. The van der Waals surface area contributed by atoms with Gasteiger partial charge in [0, 0.05) is 10.6 Å². The fourth-order valence-corrected chi connectivity index (χ4v) is 3.99. The number of halogens is 1. The summed E-state index contributed by atoms with van der Waals surface area (Å²) >= 11 is 5.88. The van der Waals surface area contributed by atoms with E-state index in [1.165, 1.54) is 18.3 Å². The molecular weight excluding hydrogens is 448 g/mol. The maximum Gasteiger partial charge on any atom is 0.343 e. The van der Waals surface area contributed by atoms with Gasteiger partial charge in [-0.3, -0.25) is 0 Å². The molecule has 0 aliphatic heterocycles. The molecule has 0 aliphatic carbocycles. The first-order valence-electron chi connectivity index (χ1n) is 9.53. The van der Waals surface area contributed by atoms with Crippen molar-refractivity contribution in [2.75, 3.05) is 0 Å². The number of hydrogen-bond donors (Lipinski definition) is 1. The lowest BCUT2D eigenvalue weighted by Gasteiger charge is -2.11. The monoisotopic (exact) mass is 464 g/mol. The minimum Gasteiger partial charge on any atom is -0.422 e. The van der Waals surface area contributed by atoms with Gasteiger partial charge in [-0.25, -0.2) is 9.63 Å². The van der Waals surface area contributed by atoms with Crippen LogP contribution in [0, 0.1) is 0 Å². The van der Waals surface area contributed by atoms with Crippen LogP contribution in [0.5, 0.6) is 5.75 Å². The number of rotatable bonds is 6. The van der Waals surface area contributed by atoms with E-state index in [4.69, 9.17) is 16.3 Å². The van der Waals surface area contributed by atoms with E-state index in [1.807, 2.05) is 30.3 Å². The molecule has 0 fully saturated rings. The van der Waals surface area contributed by atoms with Gasteiger partial charge in [-0.05, 0) is 53.2 Å². The fraction of sp³-hybridized carbons (Fsp3) is 0. The maximum atomic E-state index is 12.6. The Kier molecular flexibility index (Phi) is 6.20. The second kappa shape index (κ2) is 9.21. The Hall–Kier alpha value is -3.68. The van der Waals surface area contributed by atoms with Crippen molar-refractivity contribution in [1.29, 1.82) is 0 Å². The highest BCUT2D eigenvalue weighted by atomic mass is 35.5. The highest BCUT2D eigenvalue weighted by Crippen LogP contribution is 2.27. The summed E-state index contributed by atoms with van der Waals surface area (Å²) in [5.74, 6) is -0.331. The average Bonchev–Trinajstić information content (AvgIpc) is 2.81. The molecule has 160 valence electrons. The predicted octanol–water partition coefficient (Wildman–Crippen LogP) is 5.02. The number of sulfonamides is 1. The smallest absolute Gasteiger partial charge is 0.343 e. The van der Waals surface area contributed by atoms with Gasteiger partial charge in [-0.2, -0.15) is 13.5 Å². The Morgan fingerprint density at radius 1 is 0.875 bits per heavy atom. The molecule has 0 unspecified atom stereocenters. The molecule has 8 heteroatoms. The van der Waals surface area contributed by atoms with E-state index in [2.05, 4.69) is 9.93 Å². The lowest BCUT2D eigenvalue weighted by Crippen LogP contribution is -2.18. The number of esters is 1. The number of ether oxygens (including phenoxy) is 1. The highest BCUT2D eigenvalue weighted by molar-refractivity contribution is 7.89. The van der Waals surface area contributed by atoms with Crippen LogP contribution in [0.25, 0.3) is 10.8 Å². The largest absolute Gasteiger partial charge is 0.422 e. The number of fused-ring (bicyclic) bond motifs is 1. The molecule has 32 heavy (non-hydrogen) atoms. The zero-order valence-corrected chi connectivity index (χ0v) is 18.2. The van der Waals surface area contributed by atoms with Crippen molar-refractivity contribution in [2.45, 2.75) is 4.90 Å². The van der Waals surface area contributed by atoms with Gasteiger partial charge in [-0.1, -0.05) is 60.1 Å². The summed E-state index contributed by atoms with van der Waals surface area (Å²) in [5.41, 5.74) is 0.788. The minimum absolute atomic E-state index is 0.0875. The predicted molar refractivity (Wildman–Crippen MR) is 125 cm³/mol. The molecule has 0 heterocycles. The standard InChI is InChI=1S/C24H17ClN2O4S/c25-19-13-10-18(11-14-19)24(28)31-23-15-12-17-6-4-5-9-21(17)22(23)16-26-27-32(29,30)20-7-2-1-3-8-20/h1-16,27H. The van der Waals surface area contributed by atoms with E-state index in [-0.39, 0.29) is 10.6 Å². The van der Waals surface area contributed by atoms with Crippen molar-refractivity contribution in [3.05, 3.63) is 107 Å². The normalized spacial score (nSPS) is 11.5. The van der Waals surface area contributed by atoms with Crippen molar-refractivity contribution in [1.82, 2.24) is 4.83 Å². The molecule has 0 amide bonds. The van der Waals surface area contributed by atoms with Gasteiger partial charge in [-0.15, -0.1) is 0 Å². The second-order valence-electron chi connectivity index (χ2n) is 6.76. The summed E-state index contributed by atoms with van der Waals surface area (Å²) in [6.07, 6.45) is 1.33. The van der Waals surface area contributed by atoms with E-state index < -0.39 is 16.0 Å². The molecule has 0 saturated carbocycles. The van der Waals surface area contributed by atoms with Crippen molar-refractivity contribution < 1.29 is 17.9 Å². The van der Waals surface area contributed by atoms with Gasteiger partial charge in [0.15, 0.2) is 0 Å². The lowest BCUT2D eigenvalue weighted by atomic mass is 10.0. The van der Waals surface area contributed by atoms with E-state index in [1.54, 1.807) is 48.5 Å². The molecule has 0 radical (unpaired) electrons. The summed E-state index contributed by atoms with van der Waals surface area (Å²) in [7, 11) is -3.83. The van der Waals surface area contributed by atoms with Crippen molar-refractivity contribution in [3.8, 4) is 5.75 Å². The van der Waals surface area contributed by atoms with E-state index >= 15 is 0 Å². The molecule has 0 saturated heterocycles. The van der Waals surface area contributed by atoms with Gasteiger partial charge < -0.3 is 4.74 Å². The molecular formula is C24H17ClN2O4S. The van der Waals surface area contributed by atoms with Crippen molar-refractivity contribution in [3.63, 3.8) is 0 Å². The zero-order valence-electron chi connectivity index (χ0n) is 16.6. The van der Waals surface area contributed by atoms with Crippen LogP contribution in [-0.2, 0) is 10.0 Å². The van der Waals surface area contributed by atoms with Crippen LogP contribution in [0.1, 0.15) is 15.9 Å². The van der Waals surface area contributed by atoms with Crippen molar-refractivity contribution in [2.24, 2.45) is 5.10 Å². The minimum atomic E-state index is -3.83. The molecule has 0 spiro atoms. The topological polar surface area (TPSA) is 84.8 Å². The first kappa shape index (κ1) is 21.5. The quantitative estimate of drug-likeness (QED) is 0.188. The number of hydrogen-bond acceptors (Lipinski definition) is 5. The molecule has 4 rings (SSSR count). The van der Waals surface area contributed by atoms with Crippen LogP contribution >= 0.6 is 11.6 Å². The summed E-state index contributed by atoms with van der Waals surface area (Å²) < 4.78 is 30.5. The van der Waals surface area contributed by atoms with Gasteiger partial charge in [0.25, 0.3) is 10.0 Å². The number of nitrogens with one attached hydrogen (secondary N) is 1. The Balaban J connectivity index is 1.67. The number of nitrogens with zero attached hydrogens (tertiary/aromatic N) is 1. The molecule has 4 aromatic carbocycles. The van der Waals surface area contributed by atoms with Gasteiger partial charge >= 0.3 is 5.97 Å². The molecule has 0 bridgehead atoms. The highest BCUT2D eigenvalue weighted by Gasteiger charge is 2.15. The van der Waals surface area contributed by atoms with Gasteiger partial charge in [0.1, 0.15) is 5.75 Å². The number of carbonyl (C=O) groups excluding carboxylic acids is 1. The molecule has 0 atom stereocenters. The summed E-state index contributed by atoms with van der Waals surface area (Å²) in [4.78, 5) is 14.9. The number of benzene rings is 4. The molecule has 4 aromatic rings. The Bertz CT molecular complexity index is 1400. The molecule has 0 aromatic heterocycles. The third kappa shape index (κ3) is 4.80. The first-order chi connectivity index (χ1) is 15.4. The summed E-state index contributed by atoms with van der Waals surface area (Å²) in [5, 5.41) is 6.05. The van der Waals surface area contributed by atoms with Crippen molar-refractivity contribution >= 4 is 44.6 Å². The molecule has 1 N–H and O–H groups in total. The van der Waals surface area contributed by atoms with Crippen LogP contribution in [-0.4, -0.2) is 20.6 Å². The van der Waals surface area contributed by atoms with Crippen LogP contribution in [0.2, 0.25) is 5.02 Å². The molecule has 6 nitrogen and oxygen atoms in total. The average molecular weight is 465 g/mol. The summed E-state index contributed by atoms with van der Waals surface area (Å²) in [6, 6.07) is 25.1. The number of hydrazone groups is 1. The van der Waals surface area contributed by atoms with E-state index in [9.17, 15) is 13.2 Å². The third-order valence-electron chi connectivity index (χ3n) is 4.63. The zero-order chi connectivity index (χ0) is 22.6. The Morgan fingerprint density at radius 3 is 2.31 bits per heavy atom. The van der Waals surface area contributed by atoms with Crippen LogP contribution < -0.4 is 9.57 Å².